The molecule has 0 unspecified atom stereocenters. The smallest absolute Gasteiger partial charge is 0.237 e. The van der Waals surface area contributed by atoms with E-state index in [-0.39, 0.29) is 18.0 Å². The van der Waals surface area contributed by atoms with Crippen LogP contribution in [0.15, 0.2) is 22.7 Å². The van der Waals surface area contributed by atoms with Crippen molar-refractivity contribution in [1.29, 1.82) is 0 Å². The largest absolute Gasteiger partial charge is 0.493 e. The van der Waals surface area contributed by atoms with Crippen molar-refractivity contribution < 1.29 is 23.0 Å². The first-order valence-electron chi connectivity index (χ1n) is 12.8. The average Bonchev–Trinajstić information content (AvgIpc) is 3.29. The third kappa shape index (κ3) is 4.94. The first-order chi connectivity index (χ1) is 18.0. The number of nitrogens with zero attached hydrogens (tertiary/aromatic N) is 4. The third-order valence-corrected chi connectivity index (χ3v) is 7.62. The highest BCUT2D eigenvalue weighted by atomic mass is 19.1. The molecular formula is C28H37F2N5O3. The number of piperazine rings is 1. The summed E-state index contributed by atoms with van der Waals surface area (Å²) in [5, 5.41) is 0. The number of halogens is 2. The minimum Gasteiger partial charge on any atom is -0.493 e. The van der Waals surface area contributed by atoms with Gasteiger partial charge in [-0.05, 0) is 51.7 Å². The van der Waals surface area contributed by atoms with Gasteiger partial charge in [0.25, 0.3) is 0 Å². The molecular weight excluding hydrogens is 492 g/mol. The van der Waals surface area contributed by atoms with Crippen molar-refractivity contribution >= 4 is 29.7 Å². The average molecular weight is 530 g/mol. The third-order valence-electron chi connectivity index (χ3n) is 7.62. The summed E-state index contributed by atoms with van der Waals surface area (Å²) in [6.45, 7) is 14.2. The van der Waals surface area contributed by atoms with Crippen molar-refractivity contribution in [2.75, 3.05) is 65.4 Å². The zero-order chi connectivity index (χ0) is 27.8. The number of amides is 1. The topological polar surface area (TPSA) is 73.4 Å². The van der Waals surface area contributed by atoms with Crippen LogP contribution >= 0.6 is 0 Å². The number of rotatable bonds is 8. The predicted molar refractivity (Wildman–Crippen MR) is 146 cm³/mol. The van der Waals surface area contributed by atoms with E-state index in [1.165, 1.54) is 14.2 Å². The first kappa shape index (κ1) is 27.8. The number of carbonyl (C=O) groups excluding carboxylic acids is 1. The van der Waals surface area contributed by atoms with Gasteiger partial charge >= 0.3 is 0 Å². The van der Waals surface area contributed by atoms with E-state index in [4.69, 9.17) is 9.47 Å². The number of nitrogens with one attached hydrogen (secondary N) is 1. The SMILES string of the molecule is C=Nc1[nH]c(CCN2CCN(C)CC2)cc1C1=C(C)CN(c2c(F)c(OC)cc(OC)c2F)C(=O)C1(C)C. The van der Waals surface area contributed by atoms with Crippen LogP contribution in [0.5, 0.6) is 11.5 Å². The first-order valence-corrected chi connectivity index (χ1v) is 12.8. The molecule has 0 spiro atoms. The molecule has 1 saturated heterocycles. The minimum atomic E-state index is -1.10. The molecule has 8 nitrogen and oxygen atoms in total. The molecule has 206 valence electrons. The second-order valence-electron chi connectivity index (χ2n) is 10.5. The Morgan fingerprint density at radius 3 is 2.24 bits per heavy atom. The summed E-state index contributed by atoms with van der Waals surface area (Å²) in [5.74, 6) is -2.17. The molecule has 2 aliphatic rings. The van der Waals surface area contributed by atoms with Gasteiger partial charge in [0, 0.05) is 63.0 Å². The Hall–Kier alpha value is -3.24. The second kappa shape index (κ2) is 10.9. The Kier molecular flexibility index (Phi) is 7.94. The van der Waals surface area contributed by atoms with Gasteiger partial charge in [0.2, 0.25) is 5.91 Å². The Balaban J connectivity index is 1.69. The maximum Gasteiger partial charge on any atom is 0.237 e. The summed E-state index contributed by atoms with van der Waals surface area (Å²) < 4.78 is 40.8. The fraction of sp³-hybridized carbons (Fsp3) is 0.500. The van der Waals surface area contributed by atoms with E-state index in [0.29, 0.717) is 5.82 Å². The number of hydrogen-bond acceptors (Lipinski definition) is 6. The van der Waals surface area contributed by atoms with Crippen molar-refractivity contribution in [1.82, 2.24) is 14.8 Å². The number of H-pyrrole nitrogens is 1. The standard InChI is InChI=1S/C28H37F2N5O3/c1-17-16-35(25-23(29)20(37-6)15-21(38-7)24(25)30)27(36)28(2,3)22(17)19-14-18(32-26(19)31-4)8-9-34-12-10-33(5)11-13-34/h14-15,32H,4,8-13,16H2,1-3,5-7H3. The van der Waals surface area contributed by atoms with Crippen molar-refractivity contribution in [2.24, 2.45) is 10.4 Å². The molecule has 1 aromatic heterocycles. The minimum absolute atomic E-state index is 0.000149. The number of carbonyl (C=O) groups is 1. The van der Waals surface area contributed by atoms with E-state index in [1.54, 1.807) is 13.8 Å². The number of hydrogen-bond donors (Lipinski definition) is 1. The number of aromatic amines is 1. The number of methoxy groups -OCH3 is 2. The summed E-state index contributed by atoms with van der Waals surface area (Å²) in [6.07, 6.45) is 0.805. The lowest BCUT2D eigenvalue weighted by Crippen LogP contribution is -2.47. The van der Waals surface area contributed by atoms with Gasteiger partial charge < -0.3 is 29.2 Å². The van der Waals surface area contributed by atoms with Gasteiger partial charge in [0.15, 0.2) is 23.1 Å². The summed E-state index contributed by atoms with van der Waals surface area (Å²) in [5.41, 5.74) is 1.77. The van der Waals surface area contributed by atoms with Gasteiger partial charge in [0.05, 0.1) is 19.6 Å². The lowest BCUT2D eigenvalue weighted by Gasteiger charge is -2.40. The molecule has 0 aliphatic carbocycles. The number of ether oxygens (including phenoxy) is 2. The van der Waals surface area contributed by atoms with Gasteiger partial charge in [-0.25, -0.2) is 13.8 Å². The van der Waals surface area contributed by atoms with E-state index in [1.807, 2.05) is 13.0 Å². The number of likely N-dealkylation sites (N-methyl/N-ethyl adjacent to an activating group) is 1. The Morgan fingerprint density at radius 1 is 1.08 bits per heavy atom. The molecule has 1 fully saturated rings. The molecule has 0 saturated carbocycles. The molecule has 10 heteroatoms. The lowest BCUT2D eigenvalue weighted by molar-refractivity contribution is -0.124. The van der Waals surface area contributed by atoms with Crippen LogP contribution in [0.1, 0.15) is 32.0 Å². The van der Waals surface area contributed by atoms with Crippen LogP contribution < -0.4 is 14.4 Å². The van der Waals surface area contributed by atoms with Crippen molar-refractivity contribution in [3.63, 3.8) is 0 Å². The fourth-order valence-corrected chi connectivity index (χ4v) is 5.52. The molecule has 4 rings (SSSR count). The molecule has 1 N–H and O–H groups in total. The highest BCUT2D eigenvalue weighted by Gasteiger charge is 2.45. The fourth-order valence-electron chi connectivity index (χ4n) is 5.52. The van der Waals surface area contributed by atoms with E-state index in [2.05, 4.69) is 33.5 Å². The van der Waals surface area contributed by atoms with Crippen LogP contribution in [0.3, 0.4) is 0 Å². The van der Waals surface area contributed by atoms with E-state index >= 15 is 8.78 Å². The van der Waals surface area contributed by atoms with Crippen molar-refractivity contribution in [3.8, 4) is 11.5 Å². The van der Waals surface area contributed by atoms with Gasteiger partial charge in [-0.3, -0.25) is 4.79 Å². The molecule has 0 radical (unpaired) electrons. The van der Waals surface area contributed by atoms with Crippen LogP contribution in [-0.2, 0) is 11.2 Å². The molecule has 38 heavy (non-hydrogen) atoms. The van der Waals surface area contributed by atoms with Gasteiger partial charge in [-0.15, -0.1) is 0 Å². The van der Waals surface area contributed by atoms with E-state index < -0.39 is 28.6 Å². The zero-order valence-electron chi connectivity index (χ0n) is 23.1. The van der Waals surface area contributed by atoms with Crippen LogP contribution in [-0.4, -0.2) is 87.9 Å². The summed E-state index contributed by atoms with van der Waals surface area (Å²) in [7, 11) is 4.69. The Morgan fingerprint density at radius 2 is 1.68 bits per heavy atom. The molecule has 1 aromatic carbocycles. The molecule has 0 atom stereocenters. The van der Waals surface area contributed by atoms with E-state index in [0.717, 1.165) is 72.5 Å². The molecule has 0 bridgehead atoms. The van der Waals surface area contributed by atoms with Crippen LogP contribution in [0, 0.1) is 17.0 Å². The van der Waals surface area contributed by atoms with Crippen molar-refractivity contribution in [2.45, 2.75) is 27.2 Å². The Labute approximate surface area is 222 Å². The maximum absolute atomic E-state index is 15.3. The van der Waals surface area contributed by atoms with Crippen LogP contribution in [0.4, 0.5) is 20.3 Å². The summed E-state index contributed by atoms with van der Waals surface area (Å²) >= 11 is 0. The maximum atomic E-state index is 15.3. The molecule has 2 aliphatic heterocycles. The highest BCUT2D eigenvalue weighted by molar-refractivity contribution is 6.09. The summed E-state index contributed by atoms with van der Waals surface area (Å²) in [4.78, 5) is 27.3. The molecule has 2 aromatic rings. The number of aliphatic imine (C=N–C) groups is 1. The number of anilines is 1. The number of benzene rings is 1. The van der Waals surface area contributed by atoms with Crippen LogP contribution in [0.2, 0.25) is 0 Å². The van der Waals surface area contributed by atoms with Crippen LogP contribution in [0.25, 0.3) is 5.57 Å². The monoisotopic (exact) mass is 529 g/mol. The zero-order valence-corrected chi connectivity index (χ0v) is 23.1. The second-order valence-corrected chi connectivity index (χ2v) is 10.5. The van der Waals surface area contributed by atoms with Gasteiger partial charge in [-0.1, -0.05) is 0 Å². The highest BCUT2D eigenvalue weighted by Crippen LogP contribution is 2.48. The van der Waals surface area contributed by atoms with Gasteiger partial charge in [0.1, 0.15) is 11.5 Å². The molecule has 1 amide bonds. The van der Waals surface area contributed by atoms with Gasteiger partial charge in [-0.2, -0.15) is 0 Å². The quantitative estimate of drug-likeness (QED) is 0.517. The normalized spacial score (nSPS) is 18.7. The van der Waals surface area contributed by atoms with E-state index in [9.17, 15) is 4.79 Å². The summed E-state index contributed by atoms with van der Waals surface area (Å²) in [6, 6.07) is 3.16. The lowest BCUT2D eigenvalue weighted by atomic mass is 9.74. The number of aromatic nitrogens is 1. The van der Waals surface area contributed by atoms with Crippen molar-refractivity contribution in [3.05, 3.63) is 40.6 Å². The Bertz CT molecular complexity index is 1230. The molecule has 3 heterocycles. The predicted octanol–water partition coefficient (Wildman–Crippen LogP) is 4.28.